The first-order valence-corrected chi connectivity index (χ1v) is 9.00. The van der Waals surface area contributed by atoms with Gasteiger partial charge in [0.05, 0.1) is 18.2 Å². The summed E-state index contributed by atoms with van der Waals surface area (Å²) in [4.78, 5) is 17.0. The van der Waals surface area contributed by atoms with Crippen LogP contribution in [-0.2, 0) is 17.9 Å². The first-order valence-electron chi connectivity index (χ1n) is 9.00. The molecular formula is C17H30N6O. The van der Waals surface area contributed by atoms with Gasteiger partial charge in [0.15, 0.2) is 0 Å². The molecule has 2 unspecified atom stereocenters. The van der Waals surface area contributed by atoms with Crippen LogP contribution in [0.25, 0.3) is 0 Å². The predicted molar refractivity (Wildman–Crippen MR) is 92.3 cm³/mol. The van der Waals surface area contributed by atoms with Gasteiger partial charge in [-0.2, -0.15) is 0 Å². The zero-order valence-corrected chi connectivity index (χ0v) is 15.3. The van der Waals surface area contributed by atoms with Gasteiger partial charge in [0, 0.05) is 31.4 Å². The van der Waals surface area contributed by atoms with E-state index in [4.69, 9.17) is 0 Å². The van der Waals surface area contributed by atoms with Gasteiger partial charge >= 0.3 is 0 Å². The van der Waals surface area contributed by atoms with Gasteiger partial charge in [0.25, 0.3) is 0 Å². The highest BCUT2D eigenvalue weighted by Crippen LogP contribution is 2.36. The Balaban J connectivity index is 1.58. The van der Waals surface area contributed by atoms with E-state index in [-0.39, 0.29) is 17.9 Å². The van der Waals surface area contributed by atoms with E-state index < -0.39 is 0 Å². The van der Waals surface area contributed by atoms with E-state index in [1.165, 1.54) is 0 Å². The molecule has 1 N–H and O–H groups in total. The summed E-state index contributed by atoms with van der Waals surface area (Å²) in [5.74, 6) is 0.883. The lowest BCUT2D eigenvalue weighted by molar-refractivity contribution is -0.133. The van der Waals surface area contributed by atoms with Crippen LogP contribution in [0, 0.1) is 11.8 Å². The van der Waals surface area contributed by atoms with Crippen molar-refractivity contribution in [3.05, 3.63) is 11.9 Å². The second kappa shape index (κ2) is 7.19. The molecule has 4 atom stereocenters. The van der Waals surface area contributed by atoms with Crippen LogP contribution in [0.15, 0.2) is 6.20 Å². The number of amides is 1. The Morgan fingerprint density at radius 1 is 1.46 bits per heavy atom. The third-order valence-electron chi connectivity index (χ3n) is 5.11. The Kier molecular flexibility index (Phi) is 5.20. The summed E-state index contributed by atoms with van der Waals surface area (Å²) in [6.45, 7) is 7.72. The first kappa shape index (κ1) is 17.4. The van der Waals surface area contributed by atoms with Gasteiger partial charge in [0.1, 0.15) is 0 Å². The lowest BCUT2D eigenvalue weighted by Crippen LogP contribution is -2.58. The van der Waals surface area contributed by atoms with Crippen molar-refractivity contribution in [2.45, 2.75) is 51.9 Å². The van der Waals surface area contributed by atoms with Crippen molar-refractivity contribution in [3.63, 3.8) is 0 Å². The number of hydrogen-bond donors (Lipinski definition) is 1. The smallest absolute Gasteiger partial charge is 0.224 e. The Bertz CT molecular complexity index is 569. The minimum atomic E-state index is 0.150. The molecule has 1 aromatic heterocycles. The van der Waals surface area contributed by atoms with Crippen molar-refractivity contribution in [1.29, 1.82) is 0 Å². The lowest BCUT2D eigenvalue weighted by atomic mass is 9.75. The molecule has 1 aromatic rings. The summed E-state index contributed by atoms with van der Waals surface area (Å²) < 4.78 is 1.97. The van der Waals surface area contributed by atoms with Gasteiger partial charge in [-0.15, -0.1) is 5.10 Å². The third kappa shape index (κ3) is 3.95. The van der Waals surface area contributed by atoms with Crippen LogP contribution in [0.1, 0.15) is 32.4 Å². The number of carbonyl (C=O) groups is 1. The van der Waals surface area contributed by atoms with E-state index in [0.717, 1.165) is 44.7 Å². The molecule has 24 heavy (non-hydrogen) atoms. The molecule has 0 saturated carbocycles. The molecule has 3 aliphatic heterocycles. The van der Waals surface area contributed by atoms with Crippen molar-refractivity contribution in [2.75, 3.05) is 27.2 Å². The maximum absolute atomic E-state index is 12.4. The number of fused-ring (bicyclic) bond motifs is 3. The van der Waals surface area contributed by atoms with Crippen molar-refractivity contribution in [1.82, 2.24) is 30.1 Å². The Morgan fingerprint density at radius 3 is 2.88 bits per heavy atom. The monoisotopic (exact) mass is 334 g/mol. The van der Waals surface area contributed by atoms with Gasteiger partial charge in [0.2, 0.25) is 5.91 Å². The van der Waals surface area contributed by atoms with E-state index in [0.29, 0.717) is 12.0 Å². The highest BCUT2D eigenvalue weighted by molar-refractivity contribution is 5.79. The van der Waals surface area contributed by atoms with Crippen LogP contribution in [0.4, 0.5) is 0 Å². The van der Waals surface area contributed by atoms with Crippen molar-refractivity contribution in [3.8, 4) is 0 Å². The highest BCUT2D eigenvalue weighted by Gasteiger charge is 2.43. The van der Waals surface area contributed by atoms with Gasteiger partial charge in [-0.1, -0.05) is 5.21 Å². The highest BCUT2D eigenvalue weighted by atomic mass is 16.2. The fourth-order valence-electron chi connectivity index (χ4n) is 4.06. The second-order valence-electron chi connectivity index (χ2n) is 7.87. The number of carbonyl (C=O) groups excluding carboxylic acids is 1. The van der Waals surface area contributed by atoms with Gasteiger partial charge in [-0.25, -0.2) is 0 Å². The van der Waals surface area contributed by atoms with Crippen molar-refractivity contribution >= 4 is 5.91 Å². The number of aromatic nitrogens is 3. The van der Waals surface area contributed by atoms with Gasteiger partial charge in [-0.3, -0.25) is 14.4 Å². The summed E-state index contributed by atoms with van der Waals surface area (Å²) in [6, 6.07) is 0.690. The molecule has 0 spiro atoms. The molecule has 0 aliphatic carbocycles. The lowest BCUT2D eigenvalue weighted by Gasteiger charge is -2.49. The number of piperidine rings is 3. The Labute approximate surface area is 144 Å². The number of hydrogen-bond acceptors (Lipinski definition) is 5. The van der Waals surface area contributed by atoms with E-state index >= 15 is 0 Å². The molecule has 2 bridgehead atoms. The maximum Gasteiger partial charge on any atom is 0.224 e. The van der Waals surface area contributed by atoms with E-state index in [2.05, 4.69) is 25.4 Å². The molecule has 0 radical (unpaired) electrons. The van der Waals surface area contributed by atoms with E-state index in [1.807, 2.05) is 38.8 Å². The summed E-state index contributed by atoms with van der Waals surface area (Å²) in [5.41, 5.74) is 1.00. The molecule has 3 saturated heterocycles. The van der Waals surface area contributed by atoms with Crippen LogP contribution < -0.4 is 5.32 Å². The van der Waals surface area contributed by atoms with Crippen molar-refractivity contribution < 1.29 is 4.79 Å². The standard InChI is InChI=1S/C17H30N6O/c1-12(2)18-17(24)16-11-22-6-5-13(16)7-15(22)10-23-9-14(19-20-23)8-21(3)4/h9,12-13,15-16H,5-8,10-11H2,1-4H3,(H,18,24)/t13?,15-,16+/m1/s1. The summed E-state index contributed by atoms with van der Waals surface area (Å²) >= 11 is 0. The molecule has 1 amide bonds. The quantitative estimate of drug-likeness (QED) is 0.824. The number of nitrogens with zero attached hydrogens (tertiary/aromatic N) is 5. The Hall–Kier alpha value is -1.47. The molecule has 3 fully saturated rings. The number of rotatable bonds is 6. The van der Waals surface area contributed by atoms with Crippen LogP contribution in [-0.4, -0.2) is 70.0 Å². The molecule has 4 rings (SSSR count). The SMILES string of the molecule is CC(C)NC(=O)[C@H]1CN2CCC1C[C@@H]2Cn1cc(CN(C)C)nn1. The second-order valence-corrected chi connectivity index (χ2v) is 7.87. The molecular weight excluding hydrogens is 304 g/mol. The minimum Gasteiger partial charge on any atom is -0.354 e. The molecule has 0 aromatic carbocycles. The maximum atomic E-state index is 12.4. The van der Waals surface area contributed by atoms with E-state index in [9.17, 15) is 4.79 Å². The molecule has 4 heterocycles. The fourth-order valence-corrected chi connectivity index (χ4v) is 4.06. The predicted octanol–water partition coefficient (Wildman–Crippen LogP) is 0.575. The summed E-state index contributed by atoms with van der Waals surface area (Å²) in [5, 5.41) is 11.6. The normalized spacial score (nSPS) is 29.4. The summed E-state index contributed by atoms with van der Waals surface area (Å²) in [7, 11) is 4.07. The van der Waals surface area contributed by atoms with Crippen LogP contribution in [0.2, 0.25) is 0 Å². The van der Waals surface area contributed by atoms with Crippen LogP contribution in [0.3, 0.4) is 0 Å². The molecule has 3 aliphatic rings. The Morgan fingerprint density at radius 2 is 2.25 bits per heavy atom. The van der Waals surface area contributed by atoms with Crippen LogP contribution >= 0.6 is 0 Å². The van der Waals surface area contributed by atoms with Crippen molar-refractivity contribution in [2.24, 2.45) is 11.8 Å². The molecule has 134 valence electrons. The summed E-state index contributed by atoms with van der Waals surface area (Å²) in [6.07, 6.45) is 4.27. The fraction of sp³-hybridized carbons (Fsp3) is 0.824. The average molecular weight is 334 g/mol. The van der Waals surface area contributed by atoms with E-state index in [1.54, 1.807) is 0 Å². The molecule has 7 nitrogen and oxygen atoms in total. The van der Waals surface area contributed by atoms with Gasteiger partial charge in [-0.05, 0) is 53.2 Å². The number of nitrogens with one attached hydrogen (secondary N) is 1. The first-order chi connectivity index (χ1) is 11.4. The topological polar surface area (TPSA) is 66.3 Å². The van der Waals surface area contributed by atoms with Crippen LogP contribution in [0.5, 0.6) is 0 Å². The zero-order chi connectivity index (χ0) is 17.3. The zero-order valence-electron chi connectivity index (χ0n) is 15.3. The third-order valence-corrected chi connectivity index (χ3v) is 5.11. The molecule has 7 heteroatoms. The largest absolute Gasteiger partial charge is 0.354 e. The average Bonchev–Trinajstić information content (AvgIpc) is 2.93. The minimum absolute atomic E-state index is 0.150. The van der Waals surface area contributed by atoms with Gasteiger partial charge < -0.3 is 10.2 Å².